The van der Waals surface area contributed by atoms with E-state index >= 15 is 0 Å². The first-order chi connectivity index (χ1) is 8.52. The van der Waals surface area contributed by atoms with Crippen molar-refractivity contribution in [1.82, 2.24) is 5.32 Å². The number of rotatable bonds is 5. The quantitative estimate of drug-likeness (QED) is 0.784. The molecule has 1 aliphatic rings. The Kier molecular flexibility index (Phi) is 3.60. The summed E-state index contributed by atoms with van der Waals surface area (Å²) in [6.07, 6.45) is 2.92. The molecule has 0 bridgehead atoms. The topological polar surface area (TPSA) is 55.1 Å². The predicted octanol–water partition coefficient (Wildman–Crippen LogP) is 2.36. The summed E-state index contributed by atoms with van der Waals surface area (Å²) in [6.45, 7) is 5.29. The summed E-state index contributed by atoms with van der Waals surface area (Å²) in [5.41, 5.74) is 7.73. The first-order valence-electron chi connectivity index (χ1n) is 6.63. The fourth-order valence-corrected chi connectivity index (χ4v) is 2.28. The normalized spacial score (nSPS) is 16.6. The molecule has 98 valence electrons. The van der Waals surface area contributed by atoms with Crippen LogP contribution in [0.5, 0.6) is 0 Å². The van der Waals surface area contributed by atoms with E-state index in [1.54, 1.807) is 0 Å². The molecule has 0 unspecified atom stereocenters. The van der Waals surface area contributed by atoms with E-state index in [-0.39, 0.29) is 5.91 Å². The molecule has 0 saturated heterocycles. The van der Waals surface area contributed by atoms with Crippen LogP contribution in [-0.4, -0.2) is 12.5 Å². The molecule has 1 amide bonds. The molecule has 1 aromatic carbocycles. The van der Waals surface area contributed by atoms with Crippen LogP contribution in [0.4, 0.5) is 5.69 Å². The third-order valence-corrected chi connectivity index (χ3v) is 4.10. The van der Waals surface area contributed by atoms with Gasteiger partial charge in [-0.05, 0) is 41.9 Å². The molecule has 0 radical (unpaired) electrons. The number of carbonyl (C=O) groups excluding carboxylic acids is 1. The van der Waals surface area contributed by atoms with Crippen molar-refractivity contribution < 1.29 is 4.79 Å². The highest BCUT2D eigenvalue weighted by molar-refractivity contribution is 5.78. The van der Waals surface area contributed by atoms with E-state index in [1.807, 2.05) is 24.3 Å². The van der Waals surface area contributed by atoms with Gasteiger partial charge in [0.15, 0.2) is 0 Å². The Hall–Kier alpha value is -1.51. The van der Waals surface area contributed by atoms with E-state index in [2.05, 4.69) is 19.2 Å². The number of carbonyl (C=O) groups is 1. The van der Waals surface area contributed by atoms with Gasteiger partial charge in [-0.3, -0.25) is 4.79 Å². The zero-order valence-corrected chi connectivity index (χ0v) is 11.2. The zero-order valence-electron chi connectivity index (χ0n) is 11.2. The molecule has 1 fully saturated rings. The molecule has 3 heteroatoms. The minimum atomic E-state index is 0.103. The van der Waals surface area contributed by atoms with Gasteiger partial charge in [0.1, 0.15) is 0 Å². The second-order valence-electron chi connectivity index (χ2n) is 5.71. The van der Waals surface area contributed by atoms with Gasteiger partial charge < -0.3 is 11.1 Å². The predicted molar refractivity (Wildman–Crippen MR) is 74.1 cm³/mol. The molecule has 3 nitrogen and oxygen atoms in total. The van der Waals surface area contributed by atoms with Crippen molar-refractivity contribution >= 4 is 11.6 Å². The van der Waals surface area contributed by atoms with Crippen molar-refractivity contribution in [3.05, 3.63) is 29.8 Å². The molecule has 0 aliphatic heterocycles. The van der Waals surface area contributed by atoms with Gasteiger partial charge in [0.05, 0.1) is 6.42 Å². The van der Waals surface area contributed by atoms with Crippen LogP contribution >= 0.6 is 0 Å². The van der Waals surface area contributed by atoms with Crippen molar-refractivity contribution in [3.8, 4) is 0 Å². The second kappa shape index (κ2) is 5.01. The first kappa shape index (κ1) is 12.9. The molecule has 18 heavy (non-hydrogen) atoms. The number of anilines is 1. The number of hydrogen-bond acceptors (Lipinski definition) is 2. The van der Waals surface area contributed by atoms with Crippen molar-refractivity contribution in [2.75, 3.05) is 12.3 Å². The van der Waals surface area contributed by atoms with Crippen LogP contribution in [0.15, 0.2) is 24.3 Å². The first-order valence-corrected chi connectivity index (χ1v) is 6.63. The van der Waals surface area contributed by atoms with Crippen LogP contribution in [0.2, 0.25) is 0 Å². The third-order valence-electron chi connectivity index (χ3n) is 4.10. The van der Waals surface area contributed by atoms with Gasteiger partial charge in [0.25, 0.3) is 0 Å². The SMILES string of the molecule is CC(C)C1(CNC(=O)Cc2ccc(N)cc2)CC1. The van der Waals surface area contributed by atoms with Crippen molar-refractivity contribution in [1.29, 1.82) is 0 Å². The molecule has 2 rings (SSSR count). The summed E-state index contributed by atoms with van der Waals surface area (Å²) >= 11 is 0. The number of benzene rings is 1. The Morgan fingerprint density at radius 3 is 2.44 bits per heavy atom. The summed E-state index contributed by atoms with van der Waals surface area (Å²) < 4.78 is 0. The molecule has 1 saturated carbocycles. The molecule has 0 aromatic heterocycles. The van der Waals surface area contributed by atoms with E-state index in [0.29, 0.717) is 17.8 Å². The minimum absolute atomic E-state index is 0.103. The lowest BCUT2D eigenvalue weighted by Crippen LogP contribution is -2.33. The standard InChI is InChI=1S/C15H22N2O/c1-11(2)15(7-8-15)10-17-14(18)9-12-3-5-13(16)6-4-12/h3-6,11H,7-10,16H2,1-2H3,(H,17,18). The average Bonchev–Trinajstić information content (AvgIpc) is 3.11. The number of nitrogens with two attached hydrogens (primary N) is 1. The van der Waals surface area contributed by atoms with Gasteiger partial charge in [-0.15, -0.1) is 0 Å². The summed E-state index contributed by atoms with van der Waals surface area (Å²) in [6, 6.07) is 7.48. The van der Waals surface area contributed by atoms with Gasteiger partial charge in [0.2, 0.25) is 5.91 Å². The summed E-state index contributed by atoms with van der Waals surface area (Å²) in [7, 11) is 0. The highest BCUT2D eigenvalue weighted by atomic mass is 16.1. The van der Waals surface area contributed by atoms with Gasteiger partial charge in [-0.2, -0.15) is 0 Å². The average molecular weight is 246 g/mol. The molecule has 0 heterocycles. The molecule has 0 spiro atoms. The molecular weight excluding hydrogens is 224 g/mol. The summed E-state index contributed by atoms with van der Waals surface area (Å²) in [4.78, 5) is 11.9. The summed E-state index contributed by atoms with van der Waals surface area (Å²) in [5, 5.41) is 3.06. The fraction of sp³-hybridized carbons (Fsp3) is 0.533. The minimum Gasteiger partial charge on any atom is -0.399 e. The monoisotopic (exact) mass is 246 g/mol. The van der Waals surface area contributed by atoms with Crippen molar-refractivity contribution in [3.63, 3.8) is 0 Å². The zero-order chi connectivity index (χ0) is 13.2. The van der Waals surface area contributed by atoms with E-state index in [1.165, 1.54) is 12.8 Å². The lowest BCUT2D eigenvalue weighted by molar-refractivity contribution is -0.120. The van der Waals surface area contributed by atoms with Gasteiger partial charge in [-0.25, -0.2) is 0 Å². The van der Waals surface area contributed by atoms with Crippen LogP contribution < -0.4 is 11.1 Å². The lowest BCUT2D eigenvalue weighted by atomic mass is 9.92. The number of nitrogens with one attached hydrogen (secondary N) is 1. The second-order valence-corrected chi connectivity index (χ2v) is 5.71. The largest absolute Gasteiger partial charge is 0.399 e. The molecule has 1 aromatic rings. The van der Waals surface area contributed by atoms with Crippen LogP contribution in [0.3, 0.4) is 0 Å². The van der Waals surface area contributed by atoms with E-state index in [0.717, 1.165) is 17.8 Å². The Morgan fingerprint density at radius 2 is 1.94 bits per heavy atom. The van der Waals surface area contributed by atoms with Crippen molar-refractivity contribution in [2.45, 2.75) is 33.1 Å². The maximum atomic E-state index is 11.9. The van der Waals surface area contributed by atoms with Crippen LogP contribution in [0, 0.1) is 11.3 Å². The number of amides is 1. The van der Waals surface area contributed by atoms with Crippen LogP contribution in [0.25, 0.3) is 0 Å². The molecule has 1 aliphatic carbocycles. The van der Waals surface area contributed by atoms with Crippen LogP contribution in [0.1, 0.15) is 32.3 Å². The van der Waals surface area contributed by atoms with Crippen molar-refractivity contribution in [2.24, 2.45) is 11.3 Å². The lowest BCUT2D eigenvalue weighted by Gasteiger charge is -2.20. The maximum absolute atomic E-state index is 11.9. The molecule has 3 N–H and O–H groups in total. The molecular formula is C15H22N2O. The van der Waals surface area contributed by atoms with E-state index < -0.39 is 0 Å². The van der Waals surface area contributed by atoms with Crippen LogP contribution in [-0.2, 0) is 11.2 Å². The highest BCUT2D eigenvalue weighted by Crippen LogP contribution is 2.51. The smallest absolute Gasteiger partial charge is 0.224 e. The van der Waals surface area contributed by atoms with Gasteiger partial charge >= 0.3 is 0 Å². The third kappa shape index (κ3) is 3.03. The Balaban J connectivity index is 1.81. The Morgan fingerprint density at radius 1 is 1.33 bits per heavy atom. The van der Waals surface area contributed by atoms with Gasteiger partial charge in [0, 0.05) is 12.2 Å². The fourth-order valence-electron chi connectivity index (χ4n) is 2.28. The Bertz CT molecular complexity index is 419. The Labute approximate surface area is 109 Å². The summed E-state index contributed by atoms with van der Waals surface area (Å²) in [5.74, 6) is 0.751. The maximum Gasteiger partial charge on any atom is 0.224 e. The van der Waals surface area contributed by atoms with E-state index in [9.17, 15) is 4.79 Å². The van der Waals surface area contributed by atoms with Gasteiger partial charge in [-0.1, -0.05) is 26.0 Å². The number of hydrogen-bond donors (Lipinski definition) is 2. The molecule has 0 atom stereocenters. The van der Waals surface area contributed by atoms with E-state index in [4.69, 9.17) is 5.73 Å². The highest BCUT2D eigenvalue weighted by Gasteiger charge is 2.45. The number of nitrogen functional groups attached to an aromatic ring is 1.